The first-order valence-corrected chi connectivity index (χ1v) is 22.1. The van der Waals surface area contributed by atoms with E-state index >= 15 is 0 Å². The maximum absolute atomic E-state index is 14.0. The Balaban J connectivity index is 1.37. The quantitative estimate of drug-likeness (QED) is 0.0958. The zero-order valence-electron chi connectivity index (χ0n) is 36.3. The van der Waals surface area contributed by atoms with Crippen LogP contribution in [0.5, 0.6) is 23.0 Å². The van der Waals surface area contributed by atoms with Crippen LogP contribution in [0.2, 0.25) is 0 Å². The highest BCUT2D eigenvalue weighted by Crippen LogP contribution is 2.48. The van der Waals surface area contributed by atoms with Crippen LogP contribution >= 0.6 is 16.8 Å². The number of halogens is 12. The van der Waals surface area contributed by atoms with Gasteiger partial charge in [0.15, 0.2) is 0 Å². The molecule has 0 saturated heterocycles. The van der Waals surface area contributed by atoms with Gasteiger partial charge in [0, 0.05) is 0 Å². The predicted octanol–water partition coefficient (Wildman–Crippen LogP) is 16.1. The van der Waals surface area contributed by atoms with Crippen LogP contribution in [0, 0.1) is 55.4 Å². The van der Waals surface area contributed by atoms with E-state index < -0.39 is 63.7 Å². The smallest absolute Gasteiger partial charge is 0.416 e. The highest BCUT2D eigenvalue weighted by Gasteiger charge is 2.38. The lowest BCUT2D eigenvalue weighted by Gasteiger charge is -2.24. The molecule has 0 atom stereocenters. The molecule has 0 saturated carbocycles. The molecule has 0 amide bonds. The van der Waals surface area contributed by atoms with Crippen molar-refractivity contribution < 1.29 is 70.8 Å². The molecule has 0 N–H and O–H groups in total. The van der Waals surface area contributed by atoms with Gasteiger partial charge in [0.2, 0.25) is 0 Å². The molecule has 0 fully saturated rings. The van der Waals surface area contributed by atoms with Crippen molar-refractivity contribution >= 4 is 27.4 Å². The molecule has 6 aromatic rings. The van der Waals surface area contributed by atoms with Crippen molar-refractivity contribution in [3.05, 3.63) is 164 Å². The van der Waals surface area contributed by atoms with Crippen LogP contribution < -0.4 is 28.7 Å². The van der Waals surface area contributed by atoms with Crippen LogP contribution in [0.4, 0.5) is 52.7 Å². The second-order valence-electron chi connectivity index (χ2n) is 15.7. The van der Waals surface area contributed by atoms with Gasteiger partial charge in [0.05, 0.1) is 32.9 Å². The van der Waals surface area contributed by atoms with Crippen LogP contribution in [-0.2, 0) is 24.7 Å². The van der Waals surface area contributed by atoms with Crippen LogP contribution in [0.1, 0.15) is 66.8 Å². The van der Waals surface area contributed by atoms with E-state index in [4.69, 9.17) is 18.1 Å². The Morgan fingerprint density at radius 2 is 0.485 bits per heavy atom. The number of hydrogen-bond donors (Lipinski definition) is 0. The molecule has 6 aromatic carbocycles. The highest BCUT2D eigenvalue weighted by atomic mass is 31.2. The van der Waals surface area contributed by atoms with Gasteiger partial charge < -0.3 is 18.1 Å². The lowest BCUT2D eigenvalue weighted by molar-refractivity contribution is -0.139. The Labute approximate surface area is 375 Å². The highest BCUT2D eigenvalue weighted by molar-refractivity contribution is 7.57. The number of hydrogen-bond acceptors (Lipinski definition) is 4. The third-order valence-electron chi connectivity index (χ3n) is 10.5. The van der Waals surface area contributed by atoms with Gasteiger partial charge >= 0.3 is 41.5 Å². The van der Waals surface area contributed by atoms with Crippen molar-refractivity contribution in [1.82, 2.24) is 0 Å². The molecule has 0 aliphatic carbocycles. The van der Waals surface area contributed by atoms with Crippen LogP contribution in [0.15, 0.2) is 97.1 Å². The Kier molecular flexibility index (Phi) is 14.1. The van der Waals surface area contributed by atoms with Crippen LogP contribution in [-0.4, -0.2) is 0 Å². The first kappa shape index (κ1) is 50.0. The number of alkyl halides is 12. The minimum absolute atomic E-state index is 0.0652. The van der Waals surface area contributed by atoms with E-state index in [0.29, 0.717) is 33.4 Å². The van der Waals surface area contributed by atoms with Crippen molar-refractivity contribution in [2.45, 2.75) is 80.1 Å². The van der Waals surface area contributed by atoms with Gasteiger partial charge in [-0.3, -0.25) is 0 Å². The standard InChI is InChI=1S/C48H40F12O4P2/c1-25-17-29(5)41(21-37(25)45(49,50)51)61-65(62-42-22-38(46(52,53)54)26(2)18-30(42)6)35-13-9-33(10-14-35)34-11-15-36(16-12-34)66(63-43-23-39(47(55,56)57)27(3)19-31(43)7)64-44-24-40(48(58,59)60)28(4)20-32(44)8/h9-24H,1-8H3. The average molecular weight is 971 g/mol. The molecule has 0 aromatic heterocycles. The summed E-state index contributed by atoms with van der Waals surface area (Å²) in [7, 11) is -4.87. The summed E-state index contributed by atoms with van der Waals surface area (Å²) in [6.45, 7) is 11.2. The second kappa shape index (κ2) is 18.7. The molecular formula is C48H40F12O4P2. The van der Waals surface area contributed by atoms with Gasteiger partial charge in [-0.2, -0.15) is 52.7 Å². The summed E-state index contributed by atoms with van der Waals surface area (Å²) >= 11 is 0. The summed E-state index contributed by atoms with van der Waals surface area (Å²) in [4.78, 5) is 0. The van der Waals surface area contributed by atoms with E-state index in [1.807, 2.05) is 0 Å². The SMILES string of the molecule is Cc1cc(C)c(C(F)(F)F)cc1OP(Oc1cc(C(F)(F)F)c(C)cc1C)c1ccc(-c2ccc(P(Oc3cc(C(F)(F)F)c(C)cc3C)Oc3cc(C(F)(F)F)c(C)cc3C)cc2)cc1. The number of benzene rings is 6. The summed E-state index contributed by atoms with van der Waals surface area (Å²) in [5.74, 6) is -0.810. The lowest BCUT2D eigenvalue weighted by atomic mass is 10.0. The second-order valence-corrected chi connectivity index (χ2v) is 18.5. The fraction of sp³-hybridized carbons (Fsp3) is 0.250. The van der Waals surface area contributed by atoms with Crippen LogP contribution in [0.3, 0.4) is 0 Å². The van der Waals surface area contributed by atoms with Gasteiger partial charge in [0.25, 0.3) is 0 Å². The van der Waals surface area contributed by atoms with Gasteiger partial charge in [-0.05, 0) is 160 Å². The Morgan fingerprint density at radius 1 is 0.288 bits per heavy atom. The monoisotopic (exact) mass is 970 g/mol. The Morgan fingerprint density at radius 3 is 0.667 bits per heavy atom. The van der Waals surface area contributed by atoms with Crippen molar-refractivity contribution in [2.75, 3.05) is 0 Å². The van der Waals surface area contributed by atoms with Crippen molar-refractivity contribution in [2.24, 2.45) is 0 Å². The summed E-state index contributed by atoms with van der Waals surface area (Å²) in [5.41, 5.74) is -1.78. The van der Waals surface area contributed by atoms with Gasteiger partial charge in [-0.25, -0.2) is 0 Å². The zero-order valence-corrected chi connectivity index (χ0v) is 38.1. The molecule has 0 radical (unpaired) electrons. The predicted molar refractivity (Wildman–Crippen MR) is 231 cm³/mol. The summed E-state index contributed by atoms with van der Waals surface area (Å²) < 4.78 is 192. The first-order valence-electron chi connectivity index (χ1n) is 19.8. The summed E-state index contributed by atoms with van der Waals surface area (Å²) in [5, 5.41) is 0.548. The molecule has 66 heavy (non-hydrogen) atoms. The number of aryl methyl sites for hydroxylation is 8. The molecule has 0 unspecified atom stereocenters. The molecule has 0 aliphatic rings. The largest absolute Gasteiger partial charge is 0.435 e. The third kappa shape index (κ3) is 11.4. The number of rotatable bonds is 11. The molecule has 18 heteroatoms. The van der Waals surface area contributed by atoms with Crippen molar-refractivity contribution in [3.8, 4) is 34.1 Å². The van der Waals surface area contributed by atoms with E-state index in [1.54, 1.807) is 24.3 Å². The molecule has 6 rings (SSSR count). The van der Waals surface area contributed by atoms with Crippen LogP contribution in [0.25, 0.3) is 11.1 Å². The van der Waals surface area contributed by atoms with Gasteiger partial charge in [-0.15, -0.1) is 0 Å². The summed E-state index contributed by atoms with van der Waals surface area (Å²) in [6, 6.07) is 21.0. The van der Waals surface area contributed by atoms with E-state index in [2.05, 4.69) is 0 Å². The molecule has 0 heterocycles. The van der Waals surface area contributed by atoms with E-state index in [0.717, 1.165) is 24.3 Å². The molecule has 0 spiro atoms. The van der Waals surface area contributed by atoms with E-state index in [9.17, 15) is 52.7 Å². The lowest BCUT2D eigenvalue weighted by Crippen LogP contribution is -2.14. The minimum atomic E-state index is -4.74. The molecule has 0 bridgehead atoms. The van der Waals surface area contributed by atoms with E-state index in [1.165, 1.54) is 104 Å². The fourth-order valence-electron chi connectivity index (χ4n) is 7.10. The van der Waals surface area contributed by atoms with Gasteiger partial charge in [0.1, 0.15) is 23.0 Å². The topological polar surface area (TPSA) is 36.9 Å². The van der Waals surface area contributed by atoms with Crippen molar-refractivity contribution in [1.29, 1.82) is 0 Å². The average Bonchev–Trinajstić information content (AvgIpc) is 3.19. The van der Waals surface area contributed by atoms with Crippen molar-refractivity contribution in [3.63, 3.8) is 0 Å². The molecule has 0 aliphatic heterocycles. The Bertz CT molecular complexity index is 2410. The maximum atomic E-state index is 14.0. The van der Waals surface area contributed by atoms with Gasteiger partial charge in [-0.1, -0.05) is 48.5 Å². The molecule has 350 valence electrons. The first-order chi connectivity index (χ1) is 30.5. The van der Waals surface area contributed by atoms with E-state index in [-0.39, 0.29) is 55.9 Å². The zero-order chi connectivity index (χ0) is 48.8. The summed E-state index contributed by atoms with van der Waals surface area (Å²) in [6.07, 6.45) is -19.0. The normalized spacial score (nSPS) is 12.5. The molecular weight excluding hydrogens is 930 g/mol. The molecule has 4 nitrogen and oxygen atoms in total. The maximum Gasteiger partial charge on any atom is 0.416 e. The minimum Gasteiger partial charge on any atom is -0.435 e. The Hall–Kier alpha value is -5.46. The third-order valence-corrected chi connectivity index (χ3v) is 13.4. The fourth-order valence-corrected chi connectivity index (χ4v) is 9.88.